The fourth-order valence-corrected chi connectivity index (χ4v) is 11.8. The number of carbonyl (C=O) groups is 9. The Labute approximate surface area is 607 Å². The van der Waals surface area contributed by atoms with E-state index in [2.05, 4.69) is 42.5 Å². The molecule has 15 N–H and O–H groups in total. The number of nitrogens with one attached hydrogen (secondary N) is 8. The Morgan fingerprint density at radius 2 is 1.01 bits per heavy atom. The number of methoxy groups -OCH3 is 2. The maximum absolute atomic E-state index is 14.9. The van der Waals surface area contributed by atoms with Gasteiger partial charge in [0, 0.05) is 50.8 Å². The van der Waals surface area contributed by atoms with Crippen molar-refractivity contribution in [1.82, 2.24) is 42.5 Å². The molecule has 4 aliphatic heterocycles. The Kier molecular flexibility index (Phi) is 28.0. The van der Waals surface area contributed by atoms with E-state index in [1.807, 2.05) is 13.8 Å². The summed E-state index contributed by atoms with van der Waals surface area (Å²) in [4.78, 5) is 152. The molecule has 0 fully saturated rings. The summed E-state index contributed by atoms with van der Waals surface area (Å²) >= 11 is 0. The number of carbonyl (C=O) groups excluding carboxylic acids is 8. The molecular weight excluding hydrogens is 1390 g/mol. The van der Waals surface area contributed by atoms with Crippen LogP contribution in [0.4, 0.5) is 11.4 Å². The molecule has 8 amide bonds. The van der Waals surface area contributed by atoms with Gasteiger partial charge in [-0.1, -0.05) is 100 Å². The lowest BCUT2D eigenvalue weighted by Crippen LogP contribution is -2.58. The number of aliphatic carboxylic acids is 1. The zero-order valence-electron chi connectivity index (χ0n) is 57.7. The molecule has 4 aliphatic rings. The Morgan fingerprint density at radius 1 is 0.581 bits per heavy atom. The molecule has 105 heavy (non-hydrogen) atoms. The molecule has 6 aromatic carbocycles. The van der Waals surface area contributed by atoms with Crippen molar-refractivity contribution in [3.05, 3.63) is 175 Å². The Morgan fingerprint density at radius 3 is 1.42 bits per heavy atom. The lowest BCUT2D eigenvalue weighted by Gasteiger charge is -2.29. The smallest absolute Gasteiger partial charge is 0.335 e. The highest BCUT2D eigenvalue weighted by Crippen LogP contribution is 2.46. The van der Waals surface area contributed by atoms with Crippen LogP contribution in [-0.4, -0.2) is 158 Å². The first kappa shape index (κ1) is 80.6. The summed E-state index contributed by atoms with van der Waals surface area (Å²) in [5.41, 5.74) is 5.48. The Balaban J connectivity index is 0.0000154. The number of ether oxygens (including phenoxy) is 4. The number of hydrogen-bond acceptors (Lipinski definition) is 22. The zero-order chi connectivity index (χ0) is 75.8. The predicted molar refractivity (Wildman–Crippen MR) is 376 cm³/mol. The zero-order valence-corrected chi connectivity index (χ0v) is 58.5. The van der Waals surface area contributed by atoms with E-state index in [-0.39, 0.29) is 90.1 Å². The minimum atomic E-state index is -2.43. The largest absolute Gasteiger partial charge is 0.504 e. The van der Waals surface area contributed by atoms with Gasteiger partial charge >= 0.3 is 17.3 Å². The number of carboxylic acid groups (broad SMARTS) is 1. The van der Waals surface area contributed by atoms with Gasteiger partial charge in [-0.05, 0) is 94.5 Å². The van der Waals surface area contributed by atoms with Gasteiger partial charge in [-0.3, -0.25) is 58.6 Å². The number of nitrogens with two attached hydrogens (primary N) is 1. The van der Waals surface area contributed by atoms with E-state index in [0.29, 0.717) is 11.1 Å². The summed E-state index contributed by atoms with van der Waals surface area (Å²) < 4.78 is 22.7. The van der Waals surface area contributed by atoms with Gasteiger partial charge < -0.3 is 92.7 Å². The molecule has 0 radical (unpaired) electrons. The van der Waals surface area contributed by atoms with Gasteiger partial charge in [-0.15, -0.1) is 12.4 Å². The molecule has 0 unspecified atom stereocenters. The van der Waals surface area contributed by atoms with Crippen LogP contribution in [0.3, 0.4) is 0 Å². The molecule has 6 aromatic rings. The second kappa shape index (κ2) is 36.5. The molecule has 0 aliphatic carbocycles. The lowest BCUT2D eigenvalue weighted by atomic mass is 9.97. The van der Waals surface area contributed by atoms with Crippen LogP contribution in [0.2, 0.25) is 0 Å². The predicted octanol–water partition coefficient (Wildman–Crippen LogP) is 3.71. The second-order valence-electron chi connectivity index (χ2n) is 25.7. The van der Waals surface area contributed by atoms with Gasteiger partial charge in [0.25, 0.3) is 5.91 Å². The number of carboxylic acids is 1. The molecule has 0 aromatic heterocycles. The number of halogens is 1. The fraction of sp³-hybridized carbons (Fsp3) is 0.366. The number of rotatable bonds is 24. The van der Waals surface area contributed by atoms with Crippen molar-refractivity contribution in [2.24, 2.45) is 17.6 Å². The van der Waals surface area contributed by atoms with Gasteiger partial charge in [0.2, 0.25) is 64.3 Å². The maximum atomic E-state index is 14.9. The maximum Gasteiger partial charge on any atom is 0.335 e. The van der Waals surface area contributed by atoms with Gasteiger partial charge in [-0.2, -0.15) is 0 Å². The number of nitro benzene ring substituents is 2. The summed E-state index contributed by atoms with van der Waals surface area (Å²) in [6.45, 7) is 6.48. The minimum Gasteiger partial charge on any atom is -0.504 e. The van der Waals surface area contributed by atoms with E-state index in [1.54, 1.807) is 74.5 Å². The number of amides is 8. The lowest BCUT2D eigenvalue weighted by molar-refractivity contribution is -0.385. The van der Waals surface area contributed by atoms with Gasteiger partial charge in [0.1, 0.15) is 30.2 Å². The van der Waals surface area contributed by atoms with E-state index in [4.69, 9.17) is 24.7 Å². The van der Waals surface area contributed by atoms with E-state index < -0.39 is 189 Å². The summed E-state index contributed by atoms with van der Waals surface area (Å²) in [6, 6.07) is 14.9. The molecule has 560 valence electrons. The molecular formula is C71H82ClN11O22. The van der Waals surface area contributed by atoms with Crippen molar-refractivity contribution in [1.29, 1.82) is 0 Å². The van der Waals surface area contributed by atoms with Crippen LogP contribution in [0.15, 0.2) is 121 Å². The Hall–Kier alpha value is -11.7. The number of hydrogen-bond donors (Lipinski definition) is 14. The van der Waals surface area contributed by atoms with Gasteiger partial charge in [-0.25, -0.2) is 4.79 Å². The number of fused-ring (bicyclic) bond motifs is 18. The monoisotopic (exact) mass is 1480 g/mol. The standard InChI is InChI=1S/C71H81N11O22.ClH/c1-35(2)23-43(72)64(88)75-47-27-39-17-19-53(49(29-39)81(97)98)103-55-33-41(31-51(83)62(55)101-5)58(79-68(92)45(76-66(47)90)25-37-13-9-7-10-14-37)60(86)70(94)73-22-21-57(85)74-44(24-36(3)4)65(89)78-48-28-40-18-20-54(50(30-40)82(99)100)104-56-34-42(32-52(84)63(56)102-6)59(61(87)71(95)96)80-69(93)46(77-67(48)91)26-38-15-11-8-12-16-38;/h7-20,29-36,43-48,58-61,83-84,86-87H,21-28,72H2,1-6H3,(H,73,94)(H,74,85)(H,75,88)(H,76,90)(H,77,91)(H,78,89)(H,79,92)(H,80,93)(H,95,96);1H/t43-,44-,45+,46+,47-,48-,58-,59-,60+,61+;/m1./s1. The third-order valence-corrected chi connectivity index (χ3v) is 16.9. The third kappa shape index (κ3) is 21.2. The Bertz CT molecular complexity index is 4210. The topological polar surface area (TPSA) is 500 Å². The number of aliphatic hydroxyl groups is 2. The molecule has 4 heterocycles. The molecule has 34 heteroatoms. The second-order valence-corrected chi connectivity index (χ2v) is 25.7. The summed E-state index contributed by atoms with van der Waals surface area (Å²) in [7, 11) is 2.27. The molecule has 33 nitrogen and oxygen atoms in total. The van der Waals surface area contributed by atoms with Crippen LogP contribution in [-0.2, 0) is 68.8 Å². The first-order chi connectivity index (χ1) is 49.4. The number of nitrogens with zero attached hydrogens (tertiary/aromatic N) is 2. The molecule has 0 spiro atoms. The van der Waals surface area contributed by atoms with E-state index >= 15 is 0 Å². The van der Waals surface area contributed by atoms with Crippen molar-refractivity contribution < 1.29 is 97.5 Å². The number of benzene rings is 6. The highest BCUT2D eigenvalue weighted by Gasteiger charge is 2.39. The number of nitro groups is 2. The molecule has 10 atom stereocenters. The average Bonchev–Trinajstić information content (AvgIpc) is 0.795. The van der Waals surface area contributed by atoms with Crippen LogP contribution < -0.4 is 67.2 Å². The van der Waals surface area contributed by atoms with Crippen molar-refractivity contribution in [3.63, 3.8) is 0 Å². The first-order valence-corrected chi connectivity index (χ1v) is 33.0. The van der Waals surface area contributed by atoms with Crippen LogP contribution in [0.5, 0.6) is 46.0 Å². The summed E-state index contributed by atoms with van der Waals surface area (Å²) in [5.74, 6) is -14.1. The van der Waals surface area contributed by atoms with E-state index in [1.165, 1.54) is 18.2 Å². The minimum absolute atomic E-state index is 0. The van der Waals surface area contributed by atoms with Gasteiger partial charge in [0.05, 0.1) is 42.2 Å². The molecule has 0 saturated heterocycles. The molecule has 10 rings (SSSR count). The number of aromatic hydroxyl groups is 2. The van der Waals surface area contributed by atoms with Crippen LogP contribution in [0, 0.1) is 32.1 Å². The third-order valence-electron chi connectivity index (χ3n) is 16.9. The molecule has 8 bridgehead atoms. The molecule has 0 saturated carbocycles. The number of aliphatic hydroxyl groups excluding tert-OH is 2. The average molecular weight is 1480 g/mol. The summed E-state index contributed by atoms with van der Waals surface area (Å²) in [6.07, 6.45) is -6.75. The van der Waals surface area contributed by atoms with E-state index in [9.17, 15) is 88.9 Å². The first-order valence-electron chi connectivity index (χ1n) is 33.0. The number of phenols is 2. The van der Waals surface area contributed by atoms with Crippen molar-refractivity contribution in [3.8, 4) is 46.0 Å². The van der Waals surface area contributed by atoms with Crippen molar-refractivity contribution >= 4 is 77.0 Å². The van der Waals surface area contributed by atoms with E-state index in [0.717, 1.165) is 56.7 Å². The number of phenolic OH excluding ortho intramolecular Hbond substituents is 2. The highest BCUT2D eigenvalue weighted by molar-refractivity contribution is 5.96. The van der Waals surface area contributed by atoms with Crippen LogP contribution >= 0.6 is 12.4 Å². The highest BCUT2D eigenvalue weighted by atomic mass is 35.5. The van der Waals surface area contributed by atoms with Crippen LogP contribution in [0.25, 0.3) is 0 Å². The summed E-state index contributed by atoms with van der Waals surface area (Å²) in [5, 5.41) is 102. The quantitative estimate of drug-likeness (QED) is 0.0303. The SMILES string of the molecule is COc1c(O)cc2cc1Oc1ccc(cc1[N+](=O)[O-])C[C@@H](NC(=O)[C@@H](CC(C)C)NC(=O)CCNC(=O)[C@@H](O)[C@@H]1NC(=O)[C@H](Cc3ccccc3)NC(=O)[C@H](NC(=O)[C@H](N)CC(C)C)Cc3ccc(c([N+](=O)[O-])c3)Oc3cc1cc(O)c3OC)C(=O)N[C@@H](Cc1ccccc1)C(=O)N[C@H]2[C@H](O)C(=O)O.Cl. The van der Waals surface area contributed by atoms with Crippen molar-refractivity contribution in [2.45, 2.75) is 133 Å². The van der Waals surface area contributed by atoms with Gasteiger partial charge in [0.15, 0.2) is 35.2 Å². The van der Waals surface area contributed by atoms with Crippen molar-refractivity contribution in [2.75, 3.05) is 20.8 Å². The van der Waals surface area contributed by atoms with Crippen LogP contribution in [0.1, 0.15) is 92.4 Å². The fourth-order valence-electron chi connectivity index (χ4n) is 11.8. The normalized spacial score (nSPS) is 18.7.